The maximum atomic E-state index is 12.5. The van der Waals surface area contributed by atoms with Crippen molar-refractivity contribution in [2.75, 3.05) is 0 Å². The zero-order valence-corrected chi connectivity index (χ0v) is 16.7. The number of Topliss-reactive ketones (excluding diaryl/α,β-unsaturated/α-hetero) is 2. The molecule has 2 aromatic heterocycles. The van der Waals surface area contributed by atoms with Gasteiger partial charge < -0.3 is 0 Å². The van der Waals surface area contributed by atoms with Crippen LogP contribution in [-0.4, -0.2) is 17.7 Å². The molecular weight excluding hydrogens is 393 g/mol. The van der Waals surface area contributed by atoms with E-state index >= 15 is 0 Å². The molecule has 3 aromatic rings. The summed E-state index contributed by atoms with van der Waals surface area (Å²) in [6, 6.07) is 3.77. The van der Waals surface area contributed by atoms with Crippen LogP contribution < -0.4 is 0 Å². The Labute approximate surface area is 163 Å². The lowest BCUT2D eigenvalue weighted by Crippen LogP contribution is -2.25. The third kappa shape index (κ3) is 3.80. The molecule has 2 heterocycles. The number of ketones is 2. The van der Waals surface area contributed by atoms with Crippen LogP contribution in [0.25, 0.3) is 20.2 Å². The molecule has 0 aliphatic heterocycles. The number of alkyl halides is 3. The molecule has 144 valence electrons. The van der Waals surface area contributed by atoms with E-state index in [0.717, 1.165) is 40.5 Å². The molecule has 0 fully saturated rings. The molecule has 0 aliphatic rings. The van der Waals surface area contributed by atoms with Gasteiger partial charge in [-0.15, -0.1) is 22.7 Å². The van der Waals surface area contributed by atoms with Gasteiger partial charge in [-0.25, -0.2) is 0 Å². The average Bonchev–Trinajstić information content (AvgIpc) is 3.23. The van der Waals surface area contributed by atoms with E-state index in [1.54, 1.807) is 17.4 Å². The van der Waals surface area contributed by atoms with Gasteiger partial charge in [0, 0.05) is 0 Å². The Morgan fingerprint density at radius 1 is 1.00 bits per heavy atom. The monoisotopic (exact) mass is 412 g/mol. The van der Waals surface area contributed by atoms with Crippen molar-refractivity contribution in [3.63, 3.8) is 0 Å². The highest BCUT2D eigenvalue weighted by atomic mass is 32.1. The fraction of sp³-hybridized carbons (Fsp3) is 0.400. The van der Waals surface area contributed by atoms with Crippen LogP contribution in [-0.2, 0) is 17.6 Å². The first-order valence-electron chi connectivity index (χ1n) is 8.85. The highest BCUT2D eigenvalue weighted by Crippen LogP contribution is 2.42. The van der Waals surface area contributed by atoms with Crippen LogP contribution in [0, 0.1) is 0 Å². The number of carbonyl (C=O) groups excluding carboxylic acids is 2. The van der Waals surface area contributed by atoms with Crippen molar-refractivity contribution >= 4 is 54.4 Å². The molecule has 7 heteroatoms. The maximum Gasteiger partial charge on any atom is 0.450 e. The van der Waals surface area contributed by atoms with Gasteiger partial charge in [-0.05, 0) is 52.3 Å². The van der Waals surface area contributed by atoms with E-state index in [9.17, 15) is 22.8 Å². The van der Waals surface area contributed by atoms with E-state index in [1.807, 2.05) is 5.38 Å². The summed E-state index contributed by atoms with van der Waals surface area (Å²) in [5.74, 6) is -2.76. The van der Waals surface area contributed by atoms with Crippen molar-refractivity contribution in [3.05, 3.63) is 33.5 Å². The lowest BCUT2D eigenvalue weighted by molar-refractivity contribution is -0.170. The molecule has 27 heavy (non-hydrogen) atoms. The van der Waals surface area contributed by atoms with Gasteiger partial charge in [0.05, 0.1) is 20.7 Å². The number of rotatable bonds is 7. The number of fused-ring (bicyclic) bond motifs is 3. The first-order chi connectivity index (χ1) is 12.8. The van der Waals surface area contributed by atoms with E-state index in [1.165, 1.54) is 27.8 Å². The molecule has 0 amide bonds. The Bertz CT molecular complexity index is 1010. The van der Waals surface area contributed by atoms with Gasteiger partial charge in [0.25, 0.3) is 0 Å². The first kappa shape index (κ1) is 20.0. The summed E-state index contributed by atoms with van der Waals surface area (Å²) in [5.41, 5.74) is 2.45. The Morgan fingerprint density at radius 2 is 1.63 bits per heavy atom. The van der Waals surface area contributed by atoms with Crippen molar-refractivity contribution < 1.29 is 22.8 Å². The molecule has 0 bridgehead atoms. The summed E-state index contributed by atoms with van der Waals surface area (Å²) in [5, 5.41) is 4.13. The predicted molar refractivity (Wildman–Crippen MR) is 105 cm³/mol. The fourth-order valence-corrected chi connectivity index (χ4v) is 5.60. The number of thiophene rings is 2. The minimum atomic E-state index is -4.98. The normalized spacial score (nSPS) is 12.2. The second-order valence-corrected chi connectivity index (χ2v) is 8.46. The van der Waals surface area contributed by atoms with E-state index in [4.69, 9.17) is 0 Å². The van der Waals surface area contributed by atoms with Crippen molar-refractivity contribution in [3.8, 4) is 0 Å². The van der Waals surface area contributed by atoms with Crippen molar-refractivity contribution in [2.24, 2.45) is 0 Å². The minimum Gasteiger partial charge on any atom is -0.293 e. The second-order valence-electron chi connectivity index (χ2n) is 6.49. The number of hydrogen-bond donors (Lipinski definition) is 0. The van der Waals surface area contributed by atoms with Crippen molar-refractivity contribution in [1.82, 2.24) is 0 Å². The Hall–Kier alpha value is -1.73. The zero-order chi connectivity index (χ0) is 19.8. The van der Waals surface area contributed by atoms with Crippen LogP contribution >= 0.6 is 22.7 Å². The van der Waals surface area contributed by atoms with Crippen LogP contribution in [0.1, 0.15) is 53.9 Å². The number of halogens is 3. The summed E-state index contributed by atoms with van der Waals surface area (Å²) in [4.78, 5) is 23.7. The molecule has 0 saturated heterocycles. The average molecular weight is 412 g/mol. The number of benzene rings is 1. The van der Waals surface area contributed by atoms with Crippen LogP contribution in [0.15, 0.2) is 17.5 Å². The molecule has 0 N–H and O–H groups in total. The van der Waals surface area contributed by atoms with Gasteiger partial charge in [0.15, 0.2) is 5.78 Å². The Morgan fingerprint density at radius 3 is 2.22 bits per heavy atom. The molecular formula is C20H19F3O2S2. The smallest absolute Gasteiger partial charge is 0.293 e. The zero-order valence-electron chi connectivity index (χ0n) is 15.0. The first-order valence-corrected chi connectivity index (χ1v) is 10.5. The lowest BCUT2D eigenvalue weighted by atomic mass is 9.93. The summed E-state index contributed by atoms with van der Waals surface area (Å²) >= 11 is 2.78. The van der Waals surface area contributed by atoms with Crippen molar-refractivity contribution in [1.29, 1.82) is 0 Å². The summed E-state index contributed by atoms with van der Waals surface area (Å²) < 4.78 is 39.5. The highest BCUT2D eigenvalue weighted by molar-refractivity contribution is 7.27. The molecule has 1 aromatic carbocycles. The molecule has 0 atom stereocenters. The molecule has 0 saturated carbocycles. The maximum absolute atomic E-state index is 12.5. The number of hydrogen-bond acceptors (Lipinski definition) is 4. The van der Waals surface area contributed by atoms with E-state index in [-0.39, 0.29) is 4.88 Å². The van der Waals surface area contributed by atoms with Gasteiger partial charge in [0.2, 0.25) is 5.78 Å². The molecule has 0 spiro atoms. The van der Waals surface area contributed by atoms with Crippen LogP contribution in [0.4, 0.5) is 13.2 Å². The van der Waals surface area contributed by atoms with Gasteiger partial charge >= 0.3 is 6.18 Å². The molecule has 2 nitrogen and oxygen atoms in total. The largest absolute Gasteiger partial charge is 0.450 e. The third-order valence-electron chi connectivity index (χ3n) is 4.53. The molecule has 0 radical (unpaired) electrons. The highest BCUT2D eigenvalue weighted by Gasteiger charge is 2.39. The third-order valence-corrected chi connectivity index (χ3v) is 6.78. The molecule has 0 aliphatic carbocycles. The topological polar surface area (TPSA) is 34.1 Å². The molecule has 3 rings (SSSR count). The SMILES string of the molecule is CCCc1c(CCC)c2cc(C(=O)CC(=O)C(F)(F)F)sc2c2sccc12. The Balaban J connectivity index is 2.15. The van der Waals surface area contributed by atoms with Crippen LogP contribution in [0.3, 0.4) is 0 Å². The summed E-state index contributed by atoms with van der Waals surface area (Å²) in [6.45, 7) is 4.20. The quantitative estimate of drug-likeness (QED) is 0.319. The lowest BCUT2D eigenvalue weighted by Gasteiger charge is -2.12. The Kier molecular flexibility index (Phi) is 5.72. The van der Waals surface area contributed by atoms with Gasteiger partial charge in [0.1, 0.15) is 0 Å². The molecule has 0 unspecified atom stereocenters. The predicted octanol–water partition coefficient (Wildman–Crippen LogP) is 6.73. The second kappa shape index (κ2) is 7.72. The van der Waals surface area contributed by atoms with E-state index < -0.39 is 24.2 Å². The number of aryl methyl sites for hydroxylation is 2. The van der Waals surface area contributed by atoms with Crippen molar-refractivity contribution in [2.45, 2.75) is 52.1 Å². The summed E-state index contributed by atoms with van der Waals surface area (Å²) in [7, 11) is 0. The van der Waals surface area contributed by atoms with Crippen LogP contribution in [0.5, 0.6) is 0 Å². The van der Waals surface area contributed by atoms with Crippen LogP contribution in [0.2, 0.25) is 0 Å². The standard InChI is InChI=1S/C20H19F3O2S2/c1-3-5-11-12(6-4-2)14-9-16(15(24)10-17(25)20(21,22)23)27-19(14)18-13(11)7-8-26-18/h7-9H,3-6,10H2,1-2H3. The van der Waals surface area contributed by atoms with Gasteiger partial charge in [-0.1, -0.05) is 26.7 Å². The summed E-state index contributed by atoms with van der Waals surface area (Å²) in [6.07, 6.45) is -2.41. The van der Waals surface area contributed by atoms with E-state index in [0.29, 0.717) is 0 Å². The fourth-order valence-electron chi connectivity index (χ4n) is 3.37. The minimum absolute atomic E-state index is 0.225. The van der Waals surface area contributed by atoms with Gasteiger partial charge in [-0.3, -0.25) is 9.59 Å². The van der Waals surface area contributed by atoms with Gasteiger partial charge in [-0.2, -0.15) is 13.2 Å². The van der Waals surface area contributed by atoms with E-state index in [2.05, 4.69) is 19.9 Å². The number of carbonyl (C=O) groups is 2.